The van der Waals surface area contributed by atoms with Gasteiger partial charge in [0.25, 0.3) is 5.91 Å². The van der Waals surface area contributed by atoms with Crippen LogP contribution in [0.3, 0.4) is 0 Å². The van der Waals surface area contributed by atoms with E-state index in [0.29, 0.717) is 29.4 Å². The number of benzene rings is 1. The van der Waals surface area contributed by atoms with Crippen molar-refractivity contribution in [1.29, 1.82) is 0 Å². The zero-order valence-corrected chi connectivity index (χ0v) is 15.2. The lowest BCUT2D eigenvalue weighted by Gasteiger charge is -2.35. The lowest BCUT2D eigenvalue weighted by atomic mass is 10.1. The Kier molecular flexibility index (Phi) is 7.54. The van der Waals surface area contributed by atoms with Crippen LogP contribution in [0.1, 0.15) is 10.4 Å². The summed E-state index contributed by atoms with van der Waals surface area (Å²) in [6.45, 7) is 2.68. The standard InChI is InChI=1S/C15H16ClN5O.2ClH/c16-13-9-11(17)1-2-12(13)15(22)21-7-5-20(6-8-21)14-10-18-3-4-19-14;;/h1-4,9-10H,5-8,17H2;2*1H. The van der Waals surface area contributed by atoms with E-state index in [4.69, 9.17) is 17.3 Å². The van der Waals surface area contributed by atoms with E-state index in [1.165, 1.54) is 0 Å². The molecule has 1 saturated heterocycles. The van der Waals surface area contributed by atoms with Gasteiger partial charge in [-0.2, -0.15) is 0 Å². The van der Waals surface area contributed by atoms with Crippen LogP contribution in [0.4, 0.5) is 11.5 Å². The summed E-state index contributed by atoms with van der Waals surface area (Å²) < 4.78 is 0. The predicted molar refractivity (Wildman–Crippen MR) is 101 cm³/mol. The molecule has 1 aromatic heterocycles. The number of aromatic nitrogens is 2. The lowest BCUT2D eigenvalue weighted by molar-refractivity contribution is 0.0746. The van der Waals surface area contributed by atoms with E-state index in [2.05, 4.69) is 14.9 Å². The Hall–Kier alpha value is -1.76. The molecule has 2 heterocycles. The van der Waals surface area contributed by atoms with Gasteiger partial charge < -0.3 is 15.5 Å². The van der Waals surface area contributed by atoms with Gasteiger partial charge in [0.05, 0.1) is 16.8 Å². The highest BCUT2D eigenvalue weighted by molar-refractivity contribution is 6.34. The second kappa shape index (κ2) is 8.92. The summed E-state index contributed by atoms with van der Waals surface area (Å²) in [4.78, 5) is 24.8. The van der Waals surface area contributed by atoms with Crippen LogP contribution in [-0.2, 0) is 0 Å². The Labute approximate surface area is 157 Å². The number of piperazine rings is 1. The smallest absolute Gasteiger partial charge is 0.255 e. The first-order chi connectivity index (χ1) is 10.6. The number of rotatable bonds is 2. The van der Waals surface area contributed by atoms with Crippen molar-refractivity contribution in [2.75, 3.05) is 36.8 Å². The second-order valence-electron chi connectivity index (χ2n) is 5.08. The number of carbonyl (C=O) groups is 1. The van der Waals surface area contributed by atoms with Crippen LogP contribution in [0.5, 0.6) is 0 Å². The highest BCUT2D eigenvalue weighted by atomic mass is 35.5. The fraction of sp³-hybridized carbons (Fsp3) is 0.267. The zero-order valence-electron chi connectivity index (χ0n) is 12.8. The lowest BCUT2D eigenvalue weighted by Crippen LogP contribution is -2.49. The summed E-state index contributed by atoms with van der Waals surface area (Å²) in [5.74, 6) is 0.768. The first-order valence-electron chi connectivity index (χ1n) is 7.00. The Morgan fingerprint density at radius 1 is 1.12 bits per heavy atom. The third kappa shape index (κ3) is 4.41. The van der Waals surface area contributed by atoms with E-state index < -0.39 is 0 Å². The van der Waals surface area contributed by atoms with Gasteiger partial charge in [0.1, 0.15) is 5.82 Å². The SMILES string of the molecule is Cl.Cl.Nc1ccc(C(=O)N2CCN(c3cnccn3)CC2)c(Cl)c1. The summed E-state index contributed by atoms with van der Waals surface area (Å²) in [7, 11) is 0. The Morgan fingerprint density at radius 2 is 1.83 bits per heavy atom. The molecule has 1 fully saturated rings. The van der Waals surface area contributed by atoms with Gasteiger partial charge in [0.2, 0.25) is 0 Å². The van der Waals surface area contributed by atoms with Gasteiger partial charge in [-0.3, -0.25) is 9.78 Å². The number of nitrogen functional groups attached to an aromatic ring is 1. The van der Waals surface area contributed by atoms with Crippen molar-refractivity contribution in [2.45, 2.75) is 0 Å². The minimum absolute atomic E-state index is 0. The second-order valence-corrected chi connectivity index (χ2v) is 5.49. The molecule has 0 spiro atoms. The van der Waals surface area contributed by atoms with Gasteiger partial charge in [-0.05, 0) is 18.2 Å². The fourth-order valence-corrected chi connectivity index (χ4v) is 2.74. The van der Waals surface area contributed by atoms with Crippen LogP contribution in [-0.4, -0.2) is 47.0 Å². The van der Waals surface area contributed by atoms with Crippen molar-refractivity contribution in [3.05, 3.63) is 47.4 Å². The summed E-state index contributed by atoms with van der Waals surface area (Å²) >= 11 is 6.11. The molecule has 0 radical (unpaired) electrons. The number of halogens is 3. The molecule has 3 rings (SSSR count). The highest BCUT2D eigenvalue weighted by Crippen LogP contribution is 2.22. The van der Waals surface area contributed by atoms with E-state index in [9.17, 15) is 4.79 Å². The average molecular weight is 391 g/mol. The first kappa shape index (κ1) is 20.3. The molecule has 1 aromatic carbocycles. The van der Waals surface area contributed by atoms with Crippen LogP contribution in [0.25, 0.3) is 0 Å². The van der Waals surface area contributed by atoms with E-state index in [0.717, 1.165) is 18.9 Å². The quantitative estimate of drug-likeness (QED) is 0.798. The van der Waals surface area contributed by atoms with Gasteiger partial charge in [-0.1, -0.05) is 11.6 Å². The molecule has 0 bridgehead atoms. The van der Waals surface area contributed by atoms with Crippen LogP contribution in [0.15, 0.2) is 36.8 Å². The molecule has 2 N–H and O–H groups in total. The maximum Gasteiger partial charge on any atom is 0.255 e. The minimum Gasteiger partial charge on any atom is -0.399 e. The van der Waals surface area contributed by atoms with Crippen molar-refractivity contribution in [1.82, 2.24) is 14.9 Å². The molecule has 130 valence electrons. The van der Waals surface area contributed by atoms with Crippen molar-refractivity contribution in [3.63, 3.8) is 0 Å². The molecule has 1 aliphatic heterocycles. The summed E-state index contributed by atoms with van der Waals surface area (Å²) in [6.07, 6.45) is 5.04. The zero-order chi connectivity index (χ0) is 15.5. The average Bonchev–Trinajstić information content (AvgIpc) is 2.55. The van der Waals surface area contributed by atoms with Gasteiger partial charge in [-0.15, -0.1) is 24.8 Å². The summed E-state index contributed by atoms with van der Waals surface area (Å²) in [5, 5.41) is 0.390. The normalized spacial score (nSPS) is 13.7. The van der Waals surface area contributed by atoms with Gasteiger partial charge in [-0.25, -0.2) is 4.98 Å². The van der Waals surface area contributed by atoms with E-state index in [-0.39, 0.29) is 30.7 Å². The molecule has 0 aliphatic carbocycles. The number of amides is 1. The van der Waals surface area contributed by atoms with Crippen LogP contribution < -0.4 is 10.6 Å². The molecule has 0 saturated carbocycles. The fourth-order valence-electron chi connectivity index (χ4n) is 2.47. The summed E-state index contributed by atoms with van der Waals surface area (Å²) in [5.41, 5.74) is 6.70. The van der Waals surface area contributed by atoms with Gasteiger partial charge in [0.15, 0.2) is 0 Å². The molecule has 24 heavy (non-hydrogen) atoms. The van der Waals surface area contributed by atoms with Crippen molar-refractivity contribution in [2.24, 2.45) is 0 Å². The Balaban J connectivity index is 0.00000144. The largest absolute Gasteiger partial charge is 0.399 e. The number of nitrogens with two attached hydrogens (primary N) is 1. The monoisotopic (exact) mass is 389 g/mol. The summed E-state index contributed by atoms with van der Waals surface area (Å²) in [6, 6.07) is 4.97. The van der Waals surface area contributed by atoms with E-state index in [1.54, 1.807) is 41.7 Å². The van der Waals surface area contributed by atoms with Crippen molar-refractivity contribution >= 4 is 53.8 Å². The molecular formula is C15H18Cl3N5O. The first-order valence-corrected chi connectivity index (χ1v) is 7.38. The maximum atomic E-state index is 12.5. The van der Waals surface area contributed by atoms with Crippen LogP contribution in [0, 0.1) is 0 Å². The Morgan fingerprint density at radius 3 is 2.42 bits per heavy atom. The van der Waals surface area contributed by atoms with Crippen molar-refractivity contribution < 1.29 is 4.79 Å². The molecule has 1 aliphatic rings. The van der Waals surface area contributed by atoms with E-state index in [1.807, 2.05) is 0 Å². The number of carbonyl (C=O) groups excluding carboxylic acids is 1. The molecule has 9 heteroatoms. The van der Waals surface area contributed by atoms with Gasteiger partial charge >= 0.3 is 0 Å². The molecular weight excluding hydrogens is 373 g/mol. The molecule has 2 aromatic rings. The third-order valence-corrected chi connectivity index (χ3v) is 3.98. The predicted octanol–water partition coefficient (Wildman–Crippen LogP) is 2.52. The number of hydrogen-bond donors (Lipinski definition) is 1. The van der Waals surface area contributed by atoms with Crippen LogP contribution >= 0.6 is 36.4 Å². The third-order valence-electron chi connectivity index (χ3n) is 3.66. The van der Waals surface area contributed by atoms with Crippen LogP contribution in [0.2, 0.25) is 5.02 Å². The minimum atomic E-state index is -0.0659. The highest BCUT2D eigenvalue weighted by Gasteiger charge is 2.24. The van der Waals surface area contributed by atoms with E-state index >= 15 is 0 Å². The molecule has 1 amide bonds. The molecule has 0 atom stereocenters. The number of nitrogens with zero attached hydrogens (tertiary/aromatic N) is 4. The number of hydrogen-bond acceptors (Lipinski definition) is 5. The van der Waals surface area contributed by atoms with Gasteiger partial charge in [0, 0.05) is 44.3 Å². The molecule has 0 unspecified atom stereocenters. The molecule has 6 nitrogen and oxygen atoms in total. The number of anilines is 2. The maximum absolute atomic E-state index is 12.5. The Bertz CT molecular complexity index is 678. The van der Waals surface area contributed by atoms with Crippen molar-refractivity contribution in [3.8, 4) is 0 Å². The topological polar surface area (TPSA) is 75.4 Å².